The highest BCUT2D eigenvalue weighted by atomic mass is 35.5. The van der Waals surface area contributed by atoms with Crippen LogP contribution in [0, 0.1) is 24.4 Å². The first kappa shape index (κ1) is 33.0. The van der Waals surface area contributed by atoms with Gasteiger partial charge in [0.15, 0.2) is 17.5 Å². The Balaban J connectivity index is 1.52. The summed E-state index contributed by atoms with van der Waals surface area (Å²) in [5.41, 5.74) is -2.00. The van der Waals surface area contributed by atoms with Crippen LogP contribution in [0.25, 0.3) is 11.3 Å². The minimum absolute atomic E-state index is 0.0461. The number of aliphatic hydroxyl groups excluding tert-OH is 2. The standard InChI is InChI=1S/C28H30ClF5N4O5S/c1-13-15(29)3-8-35-21(13)25(27(41)4-6-28(33,34)7-5-27)44-26-24(42-2)22(23(40)19(12-39)43-26)38-11-18(36-37-38)14-9-16(30)20(32)17(31)10-14/h3,8-11,19,22-26,39-41H,4-7,12H2,1-2H3/t19-,22+,23+,24-,25+,26+/m1/s1. The number of aliphatic hydroxyl groups is 3. The van der Waals surface area contributed by atoms with Crippen LogP contribution in [0.1, 0.15) is 48.2 Å². The first-order chi connectivity index (χ1) is 20.8. The minimum atomic E-state index is -2.94. The van der Waals surface area contributed by atoms with Crippen molar-refractivity contribution in [2.75, 3.05) is 13.7 Å². The molecule has 1 aromatic carbocycles. The molecule has 240 valence electrons. The molecule has 2 aliphatic rings. The van der Waals surface area contributed by atoms with Crippen molar-refractivity contribution in [3.8, 4) is 11.3 Å². The summed E-state index contributed by atoms with van der Waals surface area (Å²) in [5.74, 6) is -7.44. The third-order valence-corrected chi connectivity index (χ3v) is 10.2. The summed E-state index contributed by atoms with van der Waals surface area (Å²) >= 11 is 7.40. The van der Waals surface area contributed by atoms with Gasteiger partial charge in [0.2, 0.25) is 5.92 Å². The van der Waals surface area contributed by atoms with E-state index in [2.05, 4.69) is 15.3 Å². The summed E-state index contributed by atoms with van der Waals surface area (Å²) in [7, 11) is 1.33. The molecule has 5 rings (SSSR count). The van der Waals surface area contributed by atoms with Crippen molar-refractivity contribution in [2.24, 2.45) is 0 Å². The molecule has 16 heteroatoms. The lowest BCUT2D eigenvalue weighted by Gasteiger charge is -2.47. The minimum Gasteiger partial charge on any atom is -0.394 e. The van der Waals surface area contributed by atoms with Gasteiger partial charge in [-0.2, -0.15) is 0 Å². The number of thioether (sulfide) groups is 1. The number of rotatable bonds is 8. The van der Waals surface area contributed by atoms with Crippen molar-refractivity contribution in [3.05, 3.63) is 64.3 Å². The Morgan fingerprint density at radius 2 is 1.84 bits per heavy atom. The highest BCUT2D eigenvalue weighted by Gasteiger charge is 2.53. The third kappa shape index (κ3) is 6.32. The average Bonchev–Trinajstić information content (AvgIpc) is 3.48. The summed E-state index contributed by atoms with van der Waals surface area (Å²) in [6.45, 7) is 1.05. The van der Waals surface area contributed by atoms with Crippen LogP contribution in [0.4, 0.5) is 22.0 Å². The van der Waals surface area contributed by atoms with E-state index in [0.717, 1.165) is 23.9 Å². The van der Waals surface area contributed by atoms with Crippen molar-refractivity contribution in [3.63, 3.8) is 0 Å². The van der Waals surface area contributed by atoms with E-state index in [1.54, 1.807) is 13.0 Å². The number of alkyl halides is 2. The van der Waals surface area contributed by atoms with E-state index in [1.165, 1.54) is 24.2 Å². The SMILES string of the molecule is CO[C@@H]1[C@@H](n2cc(-c3cc(F)c(F)c(F)c3)nn2)[C@@H](O)[C@@H](CO)O[C@H]1S[C@@H](c1nccc(Cl)c1C)C1(O)CCC(F)(F)CC1. The fourth-order valence-electron chi connectivity index (χ4n) is 5.66. The van der Waals surface area contributed by atoms with Crippen LogP contribution in [0.5, 0.6) is 0 Å². The molecule has 1 aliphatic heterocycles. The number of benzene rings is 1. The highest BCUT2D eigenvalue weighted by molar-refractivity contribution is 8.00. The molecular formula is C28H30ClF5N4O5S. The fourth-order valence-corrected chi connectivity index (χ4v) is 7.57. The summed E-state index contributed by atoms with van der Waals surface area (Å²) in [6.07, 6.45) is -2.57. The number of hydrogen-bond acceptors (Lipinski definition) is 9. The van der Waals surface area contributed by atoms with E-state index in [1.807, 2.05) is 0 Å². The molecule has 0 spiro atoms. The van der Waals surface area contributed by atoms with E-state index in [9.17, 15) is 37.3 Å². The average molecular weight is 665 g/mol. The van der Waals surface area contributed by atoms with Crippen LogP contribution in [0.2, 0.25) is 5.02 Å². The van der Waals surface area contributed by atoms with Crippen LogP contribution in [0.3, 0.4) is 0 Å². The maximum atomic E-state index is 14.2. The van der Waals surface area contributed by atoms with E-state index in [-0.39, 0.29) is 24.1 Å². The van der Waals surface area contributed by atoms with E-state index < -0.39 is 83.5 Å². The predicted octanol–water partition coefficient (Wildman–Crippen LogP) is 4.77. The first-order valence-corrected chi connectivity index (χ1v) is 15.0. The van der Waals surface area contributed by atoms with Crippen molar-refractivity contribution in [2.45, 2.75) is 79.2 Å². The predicted molar refractivity (Wildman–Crippen MR) is 150 cm³/mol. The molecule has 1 aliphatic carbocycles. The molecule has 44 heavy (non-hydrogen) atoms. The molecule has 0 unspecified atom stereocenters. The molecule has 3 aromatic rings. The van der Waals surface area contributed by atoms with Gasteiger partial charge in [-0.05, 0) is 43.5 Å². The Morgan fingerprint density at radius 3 is 2.45 bits per heavy atom. The van der Waals surface area contributed by atoms with Crippen molar-refractivity contribution in [1.29, 1.82) is 0 Å². The Kier molecular flexibility index (Phi) is 9.57. The van der Waals surface area contributed by atoms with Crippen LogP contribution in [-0.4, -0.2) is 84.3 Å². The number of nitrogens with zero attached hydrogens (tertiary/aromatic N) is 4. The number of aromatic nitrogens is 4. The molecule has 1 saturated heterocycles. The Bertz CT molecular complexity index is 1470. The maximum Gasteiger partial charge on any atom is 0.248 e. The molecule has 6 atom stereocenters. The molecule has 3 heterocycles. The number of halogens is 6. The van der Waals surface area contributed by atoms with E-state index in [4.69, 9.17) is 21.1 Å². The lowest BCUT2D eigenvalue weighted by Crippen LogP contribution is -2.56. The molecule has 1 saturated carbocycles. The van der Waals surface area contributed by atoms with Gasteiger partial charge >= 0.3 is 0 Å². The molecule has 0 radical (unpaired) electrons. The summed E-state index contributed by atoms with van der Waals surface area (Å²) in [4.78, 5) is 4.44. The zero-order chi connectivity index (χ0) is 32.0. The van der Waals surface area contributed by atoms with Gasteiger partial charge < -0.3 is 24.8 Å². The molecule has 2 aromatic heterocycles. The smallest absolute Gasteiger partial charge is 0.248 e. The number of pyridine rings is 1. The van der Waals surface area contributed by atoms with Gasteiger partial charge in [0.05, 0.1) is 29.3 Å². The molecule has 0 amide bonds. The van der Waals surface area contributed by atoms with Gasteiger partial charge in [-0.15, -0.1) is 16.9 Å². The Hall–Kier alpha value is -2.40. The lowest BCUT2D eigenvalue weighted by molar-refractivity contribution is -0.186. The molecule has 2 fully saturated rings. The van der Waals surface area contributed by atoms with Crippen LogP contribution >= 0.6 is 23.4 Å². The largest absolute Gasteiger partial charge is 0.394 e. The maximum absolute atomic E-state index is 14.2. The second-order valence-corrected chi connectivity index (χ2v) is 12.6. The molecule has 9 nitrogen and oxygen atoms in total. The zero-order valence-electron chi connectivity index (χ0n) is 23.5. The first-order valence-electron chi connectivity index (χ1n) is 13.7. The normalized spacial score (nSPS) is 27.3. The lowest BCUT2D eigenvalue weighted by atomic mass is 9.79. The summed E-state index contributed by atoms with van der Waals surface area (Å²) < 4.78 is 82.7. The molecule has 3 N–H and O–H groups in total. The van der Waals surface area contributed by atoms with Crippen molar-refractivity contribution in [1.82, 2.24) is 20.0 Å². The van der Waals surface area contributed by atoms with Gasteiger partial charge in [-0.3, -0.25) is 4.98 Å². The Morgan fingerprint density at radius 1 is 1.18 bits per heavy atom. The second-order valence-electron chi connectivity index (χ2n) is 11.0. The van der Waals surface area contributed by atoms with Gasteiger partial charge in [0.1, 0.15) is 35.5 Å². The third-order valence-electron chi connectivity index (χ3n) is 8.22. The topological polar surface area (TPSA) is 123 Å². The van der Waals surface area contributed by atoms with Crippen LogP contribution in [-0.2, 0) is 9.47 Å². The zero-order valence-corrected chi connectivity index (χ0v) is 25.1. The van der Waals surface area contributed by atoms with Crippen molar-refractivity contribution < 1.29 is 46.7 Å². The summed E-state index contributed by atoms with van der Waals surface area (Å²) in [5, 5.41) is 40.5. The van der Waals surface area contributed by atoms with Crippen molar-refractivity contribution >= 4 is 23.4 Å². The van der Waals surface area contributed by atoms with Crippen LogP contribution < -0.4 is 0 Å². The van der Waals surface area contributed by atoms with Gasteiger partial charge in [0.25, 0.3) is 0 Å². The molecular weight excluding hydrogens is 635 g/mol. The van der Waals surface area contributed by atoms with Crippen LogP contribution in [0.15, 0.2) is 30.6 Å². The summed E-state index contributed by atoms with van der Waals surface area (Å²) in [6, 6.07) is 1.95. The van der Waals surface area contributed by atoms with Gasteiger partial charge in [-0.25, -0.2) is 26.6 Å². The quantitative estimate of drug-likeness (QED) is 0.231. The Labute approximate surface area is 258 Å². The number of methoxy groups -OCH3 is 1. The fraction of sp³-hybridized carbons (Fsp3) is 0.536. The number of ether oxygens (including phenoxy) is 2. The number of hydrogen-bond donors (Lipinski definition) is 3. The second kappa shape index (κ2) is 12.8. The van der Waals surface area contributed by atoms with E-state index in [0.29, 0.717) is 16.3 Å². The van der Waals surface area contributed by atoms with Gasteiger partial charge in [-0.1, -0.05) is 16.8 Å². The highest BCUT2D eigenvalue weighted by Crippen LogP contribution is 2.53. The van der Waals surface area contributed by atoms with E-state index >= 15 is 0 Å². The monoisotopic (exact) mass is 664 g/mol. The van der Waals surface area contributed by atoms with Gasteiger partial charge in [0, 0.05) is 36.7 Å². The molecule has 0 bridgehead atoms.